The maximum atomic E-state index is 11.0. The van der Waals surface area contributed by atoms with Crippen molar-refractivity contribution in [2.24, 2.45) is 0 Å². The van der Waals surface area contributed by atoms with Crippen LogP contribution < -0.4 is 4.74 Å². The van der Waals surface area contributed by atoms with Crippen molar-refractivity contribution in [1.82, 2.24) is 0 Å². The lowest BCUT2D eigenvalue weighted by atomic mass is 9.78. The molecule has 0 fully saturated rings. The molecule has 3 heteroatoms. The van der Waals surface area contributed by atoms with Crippen molar-refractivity contribution in [2.45, 2.75) is 64.6 Å². The number of benzene rings is 1. The lowest BCUT2D eigenvalue weighted by Gasteiger charge is -2.27. The van der Waals surface area contributed by atoms with Gasteiger partial charge in [0.15, 0.2) is 12.4 Å². The smallest absolute Gasteiger partial charge is 0.184 e. The summed E-state index contributed by atoms with van der Waals surface area (Å²) in [4.78, 5) is 11.0. The number of aliphatic hydroxyl groups is 1. The summed E-state index contributed by atoms with van der Waals surface area (Å²) in [5.74, 6) is 0.676. The Bertz CT molecular complexity index is 532. The molecule has 0 spiro atoms. The van der Waals surface area contributed by atoms with Crippen molar-refractivity contribution in [3.8, 4) is 5.75 Å². The van der Waals surface area contributed by atoms with Crippen LogP contribution in [0.5, 0.6) is 5.75 Å². The second kappa shape index (κ2) is 4.59. The van der Waals surface area contributed by atoms with Crippen LogP contribution >= 0.6 is 0 Å². The van der Waals surface area contributed by atoms with E-state index in [9.17, 15) is 9.90 Å². The van der Waals surface area contributed by atoms with E-state index in [1.165, 1.54) is 0 Å². The Kier molecular flexibility index (Phi) is 3.45. The molecule has 2 rings (SSSR count). The quantitative estimate of drug-likeness (QED) is 0.801. The molecule has 0 radical (unpaired) electrons. The first-order chi connectivity index (χ1) is 9.05. The Hall–Kier alpha value is -1.35. The first-order valence-corrected chi connectivity index (χ1v) is 7.04. The Balaban J connectivity index is 2.68. The van der Waals surface area contributed by atoms with Gasteiger partial charge in [-0.3, -0.25) is 4.79 Å². The second-order valence-corrected chi connectivity index (χ2v) is 7.61. The lowest BCUT2D eigenvalue weighted by Crippen LogP contribution is -2.20. The molecule has 0 saturated carbocycles. The van der Waals surface area contributed by atoms with Gasteiger partial charge in [0.1, 0.15) is 11.9 Å². The molecule has 1 aromatic rings. The highest BCUT2D eigenvalue weighted by Crippen LogP contribution is 2.45. The molecule has 1 aromatic carbocycles. The summed E-state index contributed by atoms with van der Waals surface area (Å²) in [7, 11) is 0. The highest BCUT2D eigenvalue weighted by Gasteiger charge is 2.37. The molecule has 2 atom stereocenters. The molecule has 110 valence electrons. The van der Waals surface area contributed by atoms with Crippen LogP contribution in [0.2, 0.25) is 0 Å². The SMILES string of the molecule is CC(C)(C)c1cc2c(c(C(C)(C)C)c1)OC(C=O)C2O. The highest BCUT2D eigenvalue weighted by molar-refractivity contribution is 5.64. The van der Waals surface area contributed by atoms with Gasteiger partial charge in [-0.15, -0.1) is 0 Å². The number of aldehydes is 1. The van der Waals surface area contributed by atoms with Gasteiger partial charge in [-0.1, -0.05) is 47.6 Å². The normalized spacial score (nSPS) is 22.4. The minimum atomic E-state index is -0.870. The van der Waals surface area contributed by atoms with Gasteiger partial charge in [-0.25, -0.2) is 0 Å². The molecule has 0 aromatic heterocycles. The minimum absolute atomic E-state index is 0.0198. The molecule has 1 aliphatic rings. The van der Waals surface area contributed by atoms with E-state index in [1.54, 1.807) is 0 Å². The standard InChI is InChI=1S/C17H24O3/c1-16(2,3)10-7-11-14(19)13(9-18)20-15(11)12(8-10)17(4,5)6/h7-9,13-14,19H,1-6H3. The second-order valence-electron chi connectivity index (χ2n) is 7.61. The van der Waals surface area contributed by atoms with E-state index < -0.39 is 12.2 Å². The van der Waals surface area contributed by atoms with Crippen LogP contribution in [-0.2, 0) is 15.6 Å². The fraction of sp³-hybridized carbons (Fsp3) is 0.588. The van der Waals surface area contributed by atoms with Gasteiger partial charge >= 0.3 is 0 Å². The van der Waals surface area contributed by atoms with Crippen LogP contribution in [0.4, 0.5) is 0 Å². The summed E-state index contributed by atoms with van der Waals surface area (Å²) >= 11 is 0. The molecule has 1 aliphatic heterocycles. The van der Waals surface area contributed by atoms with Gasteiger partial charge in [0.05, 0.1) is 0 Å². The molecule has 0 aliphatic carbocycles. The third kappa shape index (κ3) is 2.47. The van der Waals surface area contributed by atoms with Crippen LogP contribution in [0.3, 0.4) is 0 Å². The van der Waals surface area contributed by atoms with Crippen LogP contribution in [0, 0.1) is 0 Å². The van der Waals surface area contributed by atoms with Gasteiger partial charge in [-0.05, 0) is 22.5 Å². The van der Waals surface area contributed by atoms with E-state index in [2.05, 4.69) is 47.6 Å². The van der Waals surface area contributed by atoms with Crippen molar-refractivity contribution in [1.29, 1.82) is 0 Å². The first kappa shape index (κ1) is 15.0. The Morgan fingerprint density at radius 1 is 1.10 bits per heavy atom. The number of hydrogen-bond acceptors (Lipinski definition) is 3. The van der Waals surface area contributed by atoms with Crippen molar-refractivity contribution in [2.75, 3.05) is 0 Å². The summed E-state index contributed by atoms with van der Waals surface area (Å²) in [5, 5.41) is 10.3. The van der Waals surface area contributed by atoms with Crippen LogP contribution in [0.15, 0.2) is 12.1 Å². The fourth-order valence-corrected chi connectivity index (χ4v) is 2.47. The summed E-state index contributed by atoms with van der Waals surface area (Å²) in [6.07, 6.45) is -0.986. The number of fused-ring (bicyclic) bond motifs is 1. The summed E-state index contributed by atoms with van der Waals surface area (Å²) in [5.41, 5.74) is 2.80. The largest absolute Gasteiger partial charge is 0.479 e. The molecule has 1 N–H and O–H groups in total. The van der Waals surface area contributed by atoms with Crippen LogP contribution in [0.1, 0.15) is 64.3 Å². The van der Waals surface area contributed by atoms with Gasteiger partial charge in [-0.2, -0.15) is 0 Å². The Labute approximate surface area is 121 Å². The molecule has 20 heavy (non-hydrogen) atoms. The third-order valence-electron chi connectivity index (χ3n) is 3.81. The summed E-state index contributed by atoms with van der Waals surface area (Å²) in [6, 6.07) is 4.11. The zero-order valence-electron chi connectivity index (χ0n) is 13.2. The topological polar surface area (TPSA) is 46.5 Å². The van der Waals surface area contributed by atoms with E-state index in [1.807, 2.05) is 6.07 Å². The number of carbonyl (C=O) groups is 1. The predicted octanol–water partition coefficient (Wildman–Crippen LogP) is 3.27. The van der Waals surface area contributed by atoms with Gasteiger partial charge in [0.25, 0.3) is 0 Å². The maximum Gasteiger partial charge on any atom is 0.184 e. The number of hydrogen-bond donors (Lipinski definition) is 1. The van der Waals surface area contributed by atoms with E-state index >= 15 is 0 Å². The van der Waals surface area contributed by atoms with Gasteiger partial charge in [0.2, 0.25) is 0 Å². The predicted molar refractivity (Wildman–Crippen MR) is 79.3 cm³/mol. The number of rotatable bonds is 1. The van der Waals surface area contributed by atoms with Gasteiger partial charge in [0, 0.05) is 11.1 Å². The first-order valence-electron chi connectivity index (χ1n) is 7.04. The number of carbonyl (C=O) groups excluding carboxylic acids is 1. The molecule has 3 nitrogen and oxygen atoms in total. The minimum Gasteiger partial charge on any atom is -0.479 e. The average molecular weight is 276 g/mol. The fourth-order valence-electron chi connectivity index (χ4n) is 2.47. The summed E-state index contributed by atoms with van der Waals surface area (Å²) < 4.78 is 5.68. The van der Waals surface area contributed by atoms with Crippen molar-refractivity contribution in [3.63, 3.8) is 0 Å². The lowest BCUT2D eigenvalue weighted by molar-refractivity contribution is -0.116. The summed E-state index contributed by atoms with van der Waals surface area (Å²) in [6.45, 7) is 12.7. The monoisotopic (exact) mass is 276 g/mol. The molecule has 0 bridgehead atoms. The van der Waals surface area contributed by atoms with Gasteiger partial charge < -0.3 is 9.84 Å². The number of aliphatic hydroxyl groups excluding tert-OH is 1. The third-order valence-corrected chi connectivity index (χ3v) is 3.81. The highest BCUT2D eigenvalue weighted by atomic mass is 16.5. The van der Waals surface area contributed by atoms with Crippen molar-refractivity contribution >= 4 is 6.29 Å². The number of ether oxygens (including phenoxy) is 1. The molecule has 0 amide bonds. The van der Waals surface area contributed by atoms with Crippen molar-refractivity contribution < 1.29 is 14.6 Å². The molecule has 0 saturated heterocycles. The Morgan fingerprint density at radius 2 is 1.70 bits per heavy atom. The molecule has 2 unspecified atom stereocenters. The van der Waals surface area contributed by atoms with E-state index in [4.69, 9.17) is 4.74 Å². The molecular weight excluding hydrogens is 252 g/mol. The van der Waals surface area contributed by atoms with Crippen molar-refractivity contribution in [3.05, 3.63) is 28.8 Å². The van der Waals surface area contributed by atoms with E-state index in [0.29, 0.717) is 12.0 Å². The van der Waals surface area contributed by atoms with E-state index in [-0.39, 0.29) is 10.8 Å². The zero-order valence-corrected chi connectivity index (χ0v) is 13.2. The maximum absolute atomic E-state index is 11.0. The zero-order chi connectivity index (χ0) is 15.3. The van der Waals surface area contributed by atoms with Crippen LogP contribution in [0.25, 0.3) is 0 Å². The molecule has 1 heterocycles. The Morgan fingerprint density at radius 3 is 2.15 bits per heavy atom. The average Bonchev–Trinajstić information content (AvgIpc) is 2.63. The molecular formula is C17H24O3. The van der Waals surface area contributed by atoms with Crippen LogP contribution in [-0.4, -0.2) is 17.5 Å². The van der Waals surface area contributed by atoms with E-state index in [0.717, 1.165) is 16.7 Å².